The van der Waals surface area contributed by atoms with Crippen LogP contribution in [0.3, 0.4) is 0 Å². The second-order valence-corrected chi connectivity index (χ2v) is 9.62. The van der Waals surface area contributed by atoms with E-state index in [9.17, 15) is 14.7 Å². The Balaban J connectivity index is 1.30. The Hall–Kier alpha value is -3.72. The lowest BCUT2D eigenvalue weighted by atomic mass is 9.94. The van der Waals surface area contributed by atoms with Crippen LogP contribution in [-0.4, -0.2) is 29.1 Å². The van der Waals surface area contributed by atoms with Gasteiger partial charge in [0.15, 0.2) is 5.84 Å². The van der Waals surface area contributed by atoms with E-state index in [1.807, 2.05) is 60.7 Å². The summed E-state index contributed by atoms with van der Waals surface area (Å²) >= 11 is 6.21. The Labute approximate surface area is 219 Å². The van der Waals surface area contributed by atoms with Gasteiger partial charge in [-0.3, -0.25) is 9.63 Å². The first-order valence-corrected chi connectivity index (χ1v) is 12.4. The van der Waals surface area contributed by atoms with E-state index < -0.39 is 29.7 Å². The summed E-state index contributed by atoms with van der Waals surface area (Å²) in [6.45, 7) is 3.51. The smallest absolute Gasteiger partial charge is 0.436 e. The van der Waals surface area contributed by atoms with E-state index in [0.717, 1.165) is 22.4 Å². The van der Waals surface area contributed by atoms with Crippen LogP contribution in [0.2, 0.25) is 5.02 Å². The van der Waals surface area contributed by atoms with E-state index in [2.05, 4.69) is 10.6 Å². The lowest BCUT2D eigenvalue weighted by Crippen LogP contribution is -2.35. The number of carbonyl (C=O) groups excluding carboxylic acids is 1. The van der Waals surface area contributed by atoms with E-state index in [1.165, 1.54) is 0 Å². The molecule has 0 aromatic heterocycles. The molecule has 0 bridgehead atoms. The number of halogens is 1. The highest BCUT2D eigenvalue weighted by atomic mass is 35.5. The number of carboxylic acids is 1. The van der Waals surface area contributed by atoms with E-state index in [-0.39, 0.29) is 0 Å². The number of amidine groups is 1. The number of aliphatic carboxylic acids is 1. The third-order valence-corrected chi connectivity index (χ3v) is 7.14. The fourth-order valence-electron chi connectivity index (χ4n) is 4.41. The maximum absolute atomic E-state index is 12.6. The van der Waals surface area contributed by atoms with Crippen molar-refractivity contribution >= 4 is 35.2 Å². The number of amides is 1. The molecule has 3 aromatic rings. The van der Waals surface area contributed by atoms with E-state index >= 15 is 0 Å². The first kappa shape index (κ1) is 25.0. The predicted molar refractivity (Wildman–Crippen MR) is 140 cm³/mol. The number of benzene rings is 3. The largest absolute Gasteiger partial charge is 0.481 e. The summed E-state index contributed by atoms with van der Waals surface area (Å²) in [5.41, 5.74) is 6.27. The number of anilines is 1. The van der Waals surface area contributed by atoms with Crippen molar-refractivity contribution in [2.24, 2.45) is 4.99 Å². The standard InChI is InChI=1S/C28H26ClN3O5/c1-17(23-5-3-4-6-24(23)29)36-27(35)30-25-18(2)37-31-32(25)22-13-9-20(10-14-22)19-7-11-21(12-8-19)28(15-16-28)26(33)34/h3-14,17-18,31H,15-16H2,1-2H3,(H,33,34). The number of rotatable bonds is 6. The second kappa shape index (κ2) is 9.97. The van der Waals surface area contributed by atoms with E-state index in [0.29, 0.717) is 29.3 Å². The molecule has 1 saturated heterocycles. The Morgan fingerprint density at radius 1 is 1.08 bits per heavy atom. The summed E-state index contributed by atoms with van der Waals surface area (Å²) in [5.74, 6) is -0.407. The van der Waals surface area contributed by atoms with Gasteiger partial charge in [0, 0.05) is 10.6 Å². The minimum absolute atomic E-state index is 0.358. The maximum atomic E-state index is 12.6. The van der Waals surface area contributed by atoms with Crippen molar-refractivity contribution in [3.8, 4) is 11.1 Å². The monoisotopic (exact) mass is 519 g/mol. The van der Waals surface area contributed by atoms with Crippen molar-refractivity contribution in [3.63, 3.8) is 0 Å². The molecule has 2 fully saturated rings. The molecule has 2 N–H and O–H groups in total. The molecule has 9 heteroatoms. The summed E-state index contributed by atoms with van der Waals surface area (Å²) in [6.07, 6.45) is -0.454. The molecule has 1 amide bonds. The zero-order valence-corrected chi connectivity index (χ0v) is 21.1. The third-order valence-electron chi connectivity index (χ3n) is 6.80. The van der Waals surface area contributed by atoms with Crippen LogP contribution < -0.4 is 10.6 Å². The predicted octanol–water partition coefficient (Wildman–Crippen LogP) is 6.06. The molecule has 5 rings (SSSR count). The van der Waals surface area contributed by atoms with Gasteiger partial charge in [-0.2, -0.15) is 4.99 Å². The highest BCUT2D eigenvalue weighted by Gasteiger charge is 2.51. The number of ether oxygens (including phenoxy) is 1. The summed E-state index contributed by atoms with van der Waals surface area (Å²) in [7, 11) is 0. The van der Waals surface area contributed by atoms with Crippen LogP contribution in [0.25, 0.3) is 11.1 Å². The molecule has 8 nitrogen and oxygen atoms in total. The molecule has 0 spiro atoms. The first-order chi connectivity index (χ1) is 17.8. The molecule has 2 unspecified atom stereocenters. The summed E-state index contributed by atoms with van der Waals surface area (Å²) in [4.78, 5) is 33.8. The summed E-state index contributed by atoms with van der Waals surface area (Å²) < 4.78 is 5.48. The van der Waals surface area contributed by atoms with Gasteiger partial charge in [-0.1, -0.05) is 66.2 Å². The number of nitrogens with one attached hydrogen (secondary N) is 1. The van der Waals surface area contributed by atoms with Crippen LogP contribution >= 0.6 is 11.6 Å². The quantitative estimate of drug-likeness (QED) is 0.408. The molecule has 2 atom stereocenters. The maximum Gasteiger partial charge on any atom is 0.436 e. The average Bonchev–Trinajstić information content (AvgIpc) is 3.64. The molecule has 1 aliphatic heterocycles. The van der Waals surface area contributed by atoms with E-state index in [4.69, 9.17) is 21.2 Å². The van der Waals surface area contributed by atoms with Gasteiger partial charge in [-0.25, -0.2) is 9.80 Å². The van der Waals surface area contributed by atoms with Crippen molar-refractivity contribution in [2.75, 3.05) is 5.01 Å². The molecule has 1 saturated carbocycles. The van der Waals surface area contributed by atoms with Gasteiger partial charge in [-0.15, -0.1) is 5.59 Å². The molecule has 37 heavy (non-hydrogen) atoms. The molecule has 1 aliphatic carbocycles. The van der Waals surface area contributed by atoms with Crippen LogP contribution in [0.4, 0.5) is 10.5 Å². The van der Waals surface area contributed by atoms with E-state index in [1.54, 1.807) is 31.0 Å². The number of nitrogens with zero attached hydrogens (tertiary/aromatic N) is 2. The lowest BCUT2D eigenvalue weighted by molar-refractivity contribution is -0.140. The number of aliphatic imine (C=N–C) groups is 1. The van der Waals surface area contributed by atoms with Gasteiger partial charge in [0.25, 0.3) is 0 Å². The summed E-state index contributed by atoms with van der Waals surface area (Å²) in [6, 6.07) is 22.5. The molecule has 3 aromatic carbocycles. The summed E-state index contributed by atoms with van der Waals surface area (Å²) in [5, 5.41) is 11.6. The van der Waals surface area contributed by atoms with Crippen molar-refractivity contribution in [3.05, 3.63) is 88.9 Å². The molecule has 190 valence electrons. The van der Waals surface area contributed by atoms with Crippen LogP contribution in [0.15, 0.2) is 77.8 Å². The molecule has 0 radical (unpaired) electrons. The number of hydrogen-bond acceptors (Lipinski definition) is 5. The van der Waals surface area contributed by atoms with Crippen molar-refractivity contribution in [1.82, 2.24) is 5.59 Å². The Morgan fingerprint density at radius 2 is 1.70 bits per heavy atom. The fraction of sp³-hybridized carbons (Fsp3) is 0.250. The van der Waals surface area contributed by atoms with Gasteiger partial charge in [0.1, 0.15) is 12.2 Å². The van der Waals surface area contributed by atoms with Crippen LogP contribution in [0.5, 0.6) is 0 Å². The molecular formula is C28H26ClN3O5. The SMILES string of the molecule is CC1ONN(c2ccc(-c3ccc(C4(C(=O)O)CC4)cc3)cc2)C1=NC(=O)OC(C)c1ccccc1Cl. The Bertz CT molecular complexity index is 1350. The number of carbonyl (C=O) groups is 2. The molecule has 1 heterocycles. The second-order valence-electron chi connectivity index (χ2n) is 9.22. The van der Waals surface area contributed by atoms with Crippen LogP contribution in [0.1, 0.15) is 43.9 Å². The van der Waals surface area contributed by atoms with Gasteiger partial charge in [0.05, 0.1) is 11.1 Å². The zero-order chi connectivity index (χ0) is 26.2. The minimum atomic E-state index is -0.765. The van der Waals surface area contributed by atoms with Crippen molar-refractivity contribution in [2.45, 2.75) is 44.3 Å². The molecular weight excluding hydrogens is 494 g/mol. The number of hydrazine groups is 1. The minimum Gasteiger partial charge on any atom is -0.481 e. The fourth-order valence-corrected chi connectivity index (χ4v) is 4.70. The number of carboxylic acid groups (broad SMARTS) is 1. The highest BCUT2D eigenvalue weighted by molar-refractivity contribution is 6.31. The van der Waals surface area contributed by atoms with Crippen LogP contribution in [0, 0.1) is 0 Å². The lowest BCUT2D eigenvalue weighted by Gasteiger charge is -2.18. The highest BCUT2D eigenvalue weighted by Crippen LogP contribution is 2.48. The van der Waals surface area contributed by atoms with Crippen molar-refractivity contribution < 1.29 is 24.3 Å². The Kier molecular flexibility index (Phi) is 6.72. The normalized spacial score (nSPS) is 20.0. The third kappa shape index (κ3) is 4.96. The average molecular weight is 520 g/mol. The topological polar surface area (TPSA) is 100 Å². The first-order valence-electron chi connectivity index (χ1n) is 12.0. The van der Waals surface area contributed by atoms with Gasteiger partial charge in [0.2, 0.25) is 0 Å². The van der Waals surface area contributed by atoms with Gasteiger partial charge < -0.3 is 9.84 Å². The van der Waals surface area contributed by atoms with Crippen LogP contribution in [-0.2, 0) is 19.8 Å². The van der Waals surface area contributed by atoms with Gasteiger partial charge >= 0.3 is 12.1 Å². The Morgan fingerprint density at radius 3 is 2.30 bits per heavy atom. The van der Waals surface area contributed by atoms with Crippen molar-refractivity contribution in [1.29, 1.82) is 0 Å². The number of hydrogen-bond donors (Lipinski definition) is 2. The molecule has 2 aliphatic rings. The zero-order valence-electron chi connectivity index (χ0n) is 20.3. The van der Waals surface area contributed by atoms with Gasteiger partial charge in [-0.05, 0) is 61.6 Å².